The number of hydrogen-bond donors (Lipinski definition) is 2. The number of nitrogens with one attached hydrogen (secondary N) is 2. The Morgan fingerprint density at radius 1 is 0.840 bits per heavy atom. The lowest BCUT2D eigenvalue weighted by molar-refractivity contribution is -0.383. The molecular formula is C14H9Cl2N7O2. The number of nitrogens with zero attached hydrogens (tertiary/aromatic N) is 5. The van der Waals surface area contributed by atoms with Crippen molar-refractivity contribution in [2.45, 2.75) is 0 Å². The van der Waals surface area contributed by atoms with Crippen LogP contribution in [0.2, 0.25) is 10.0 Å². The third-order valence-corrected chi connectivity index (χ3v) is 3.40. The molecule has 0 aliphatic heterocycles. The lowest BCUT2D eigenvalue weighted by atomic mass is 10.4. The van der Waals surface area contributed by atoms with Crippen LogP contribution in [0.5, 0.6) is 0 Å². The van der Waals surface area contributed by atoms with Gasteiger partial charge >= 0.3 is 5.69 Å². The zero-order valence-electron chi connectivity index (χ0n) is 12.3. The fourth-order valence-electron chi connectivity index (χ4n) is 1.88. The second-order valence-electron chi connectivity index (χ2n) is 4.65. The minimum atomic E-state index is -0.601. The van der Waals surface area contributed by atoms with Crippen LogP contribution in [0.25, 0.3) is 0 Å². The van der Waals surface area contributed by atoms with E-state index in [1.165, 1.54) is 18.7 Å². The molecule has 25 heavy (non-hydrogen) atoms. The Morgan fingerprint density at radius 2 is 1.32 bits per heavy atom. The zero-order valence-corrected chi connectivity index (χ0v) is 13.9. The fourth-order valence-corrected chi connectivity index (χ4v) is 2.10. The van der Waals surface area contributed by atoms with Crippen LogP contribution in [0.3, 0.4) is 0 Å². The van der Waals surface area contributed by atoms with Crippen LogP contribution >= 0.6 is 23.2 Å². The highest BCUT2D eigenvalue weighted by Crippen LogP contribution is 2.32. The molecule has 0 unspecified atom stereocenters. The maximum absolute atomic E-state index is 11.5. The van der Waals surface area contributed by atoms with E-state index in [1.807, 2.05) is 0 Å². The molecule has 3 heterocycles. The van der Waals surface area contributed by atoms with E-state index in [0.717, 1.165) is 0 Å². The Balaban J connectivity index is 1.94. The molecular weight excluding hydrogens is 369 g/mol. The Labute approximate surface area is 151 Å². The summed E-state index contributed by atoms with van der Waals surface area (Å²) in [7, 11) is 0. The van der Waals surface area contributed by atoms with Crippen molar-refractivity contribution in [3.63, 3.8) is 0 Å². The summed E-state index contributed by atoms with van der Waals surface area (Å²) in [6.45, 7) is 0. The molecule has 0 bridgehead atoms. The van der Waals surface area contributed by atoms with Crippen LogP contribution in [-0.4, -0.2) is 24.9 Å². The lowest BCUT2D eigenvalue weighted by Crippen LogP contribution is -2.06. The highest BCUT2D eigenvalue weighted by Gasteiger charge is 2.23. The first-order valence-electron chi connectivity index (χ1n) is 6.79. The number of aromatic nitrogens is 4. The van der Waals surface area contributed by atoms with Crippen LogP contribution in [0.4, 0.5) is 29.0 Å². The van der Waals surface area contributed by atoms with Crippen LogP contribution in [0, 0.1) is 10.1 Å². The van der Waals surface area contributed by atoms with Crippen LogP contribution < -0.4 is 10.6 Å². The van der Waals surface area contributed by atoms with Crippen LogP contribution in [0.1, 0.15) is 0 Å². The van der Waals surface area contributed by atoms with Crippen molar-refractivity contribution in [2.24, 2.45) is 0 Å². The molecule has 3 aromatic rings. The molecule has 0 spiro atoms. The summed E-state index contributed by atoms with van der Waals surface area (Å²) < 4.78 is 0. The van der Waals surface area contributed by atoms with Gasteiger partial charge in [0.25, 0.3) is 0 Å². The first-order valence-corrected chi connectivity index (χ1v) is 7.55. The molecule has 0 amide bonds. The van der Waals surface area contributed by atoms with Gasteiger partial charge in [-0.1, -0.05) is 23.2 Å². The predicted octanol–water partition coefficient (Wildman–Crippen LogP) is 3.97. The van der Waals surface area contributed by atoms with Gasteiger partial charge in [0.2, 0.25) is 11.6 Å². The largest absolute Gasteiger partial charge is 0.354 e. The maximum atomic E-state index is 11.5. The number of anilines is 4. The molecule has 0 saturated heterocycles. The Kier molecular flexibility index (Phi) is 4.87. The van der Waals surface area contributed by atoms with Crippen LogP contribution in [0.15, 0.2) is 43.0 Å². The number of hydrogen-bond acceptors (Lipinski definition) is 8. The number of rotatable bonds is 5. The maximum Gasteiger partial charge on any atom is 0.354 e. The molecule has 126 valence electrons. The van der Waals surface area contributed by atoms with E-state index >= 15 is 0 Å². The Hall–Kier alpha value is -3.04. The van der Waals surface area contributed by atoms with Gasteiger partial charge in [0, 0.05) is 12.4 Å². The highest BCUT2D eigenvalue weighted by atomic mass is 35.5. The summed E-state index contributed by atoms with van der Waals surface area (Å²) in [5, 5.41) is 17.9. The summed E-state index contributed by atoms with van der Waals surface area (Å²) in [5.74, 6) is 0.654. The van der Waals surface area contributed by atoms with Crippen LogP contribution in [-0.2, 0) is 0 Å². The van der Waals surface area contributed by atoms with E-state index in [1.54, 1.807) is 24.3 Å². The first-order chi connectivity index (χ1) is 12.0. The number of pyridine rings is 2. The van der Waals surface area contributed by atoms with Crippen molar-refractivity contribution >= 4 is 52.2 Å². The summed E-state index contributed by atoms with van der Waals surface area (Å²) in [6.07, 6.45) is 4.00. The van der Waals surface area contributed by atoms with Gasteiger partial charge in [-0.2, -0.15) is 0 Å². The summed E-state index contributed by atoms with van der Waals surface area (Å²) in [4.78, 5) is 26.8. The third-order valence-electron chi connectivity index (χ3n) is 2.95. The molecule has 0 atom stereocenters. The Morgan fingerprint density at radius 3 is 1.68 bits per heavy atom. The van der Waals surface area contributed by atoms with Gasteiger partial charge in [-0.15, -0.1) is 0 Å². The van der Waals surface area contributed by atoms with E-state index < -0.39 is 4.92 Å². The van der Waals surface area contributed by atoms with Crippen molar-refractivity contribution in [1.29, 1.82) is 0 Å². The van der Waals surface area contributed by atoms with Gasteiger partial charge in [0.15, 0.2) is 0 Å². The molecule has 3 aromatic heterocycles. The second kappa shape index (κ2) is 7.24. The van der Waals surface area contributed by atoms with Gasteiger partial charge in [-0.3, -0.25) is 10.1 Å². The quantitative estimate of drug-likeness (QED) is 0.506. The van der Waals surface area contributed by atoms with E-state index in [2.05, 4.69) is 30.6 Å². The van der Waals surface area contributed by atoms with Crippen molar-refractivity contribution in [1.82, 2.24) is 19.9 Å². The average Bonchev–Trinajstić information content (AvgIpc) is 2.59. The van der Waals surface area contributed by atoms with Gasteiger partial charge in [-0.25, -0.2) is 19.9 Å². The second-order valence-corrected chi connectivity index (χ2v) is 5.52. The van der Waals surface area contributed by atoms with Crippen molar-refractivity contribution < 1.29 is 4.92 Å². The van der Waals surface area contributed by atoms with Gasteiger partial charge < -0.3 is 10.6 Å². The topological polar surface area (TPSA) is 119 Å². The molecule has 11 heteroatoms. The van der Waals surface area contributed by atoms with E-state index in [0.29, 0.717) is 21.7 Å². The lowest BCUT2D eigenvalue weighted by Gasteiger charge is -2.09. The fraction of sp³-hybridized carbons (Fsp3) is 0. The summed E-state index contributed by atoms with van der Waals surface area (Å²) >= 11 is 11.5. The molecule has 9 nitrogen and oxygen atoms in total. The standard InChI is InChI=1S/C14H9Cl2N7O2/c15-8-1-3-10(17-5-8)21-13-12(23(24)25)14(20-7-19-13)22-11-4-2-9(16)6-18-11/h1-7H,(H2,17,18,19,20,21,22). The minimum absolute atomic E-state index is 0.0220. The van der Waals surface area contributed by atoms with Gasteiger partial charge in [-0.05, 0) is 24.3 Å². The molecule has 0 saturated carbocycles. The Bertz CT molecular complexity index is 838. The summed E-state index contributed by atoms with van der Waals surface area (Å²) in [5.41, 5.74) is -0.351. The SMILES string of the molecule is O=[N+]([O-])c1c(Nc2ccc(Cl)cn2)ncnc1Nc1ccc(Cl)cn1. The normalized spacial score (nSPS) is 10.3. The predicted molar refractivity (Wildman–Crippen MR) is 93.7 cm³/mol. The molecule has 0 aliphatic carbocycles. The molecule has 0 fully saturated rings. The monoisotopic (exact) mass is 377 g/mol. The van der Waals surface area contributed by atoms with E-state index in [9.17, 15) is 10.1 Å². The number of nitro groups is 1. The van der Waals surface area contributed by atoms with E-state index in [4.69, 9.17) is 23.2 Å². The minimum Gasteiger partial charge on any atom is -0.319 e. The van der Waals surface area contributed by atoms with E-state index in [-0.39, 0.29) is 17.3 Å². The molecule has 0 aromatic carbocycles. The highest BCUT2D eigenvalue weighted by molar-refractivity contribution is 6.30. The van der Waals surface area contributed by atoms with Crippen molar-refractivity contribution in [3.8, 4) is 0 Å². The van der Waals surface area contributed by atoms with Crippen molar-refractivity contribution in [3.05, 3.63) is 63.1 Å². The number of halogens is 2. The third kappa shape index (κ3) is 4.08. The molecule has 3 rings (SSSR count). The first kappa shape index (κ1) is 16.8. The zero-order chi connectivity index (χ0) is 17.8. The summed E-state index contributed by atoms with van der Waals surface area (Å²) in [6, 6.07) is 6.34. The molecule has 2 N–H and O–H groups in total. The van der Waals surface area contributed by atoms with Gasteiger partial charge in [0.05, 0.1) is 15.0 Å². The molecule has 0 aliphatic rings. The van der Waals surface area contributed by atoms with Gasteiger partial charge in [0.1, 0.15) is 18.0 Å². The smallest absolute Gasteiger partial charge is 0.319 e. The molecule has 0 radical (unpaired) electrons. The average molecular weight is 378 g/mol. The van der Waals surface area contributed by atoms with Crippen molar-refractivity contribution in [2.75, 3.05) is 10.6 Å².